The zero-order chi connectivity index (χ0) is 13.9. The minimum absolute atomic E-state index is 0.0722. The van der Waals surface area contributed by atoms with Crippen LogP contribution in [0.3, 0.4) is 0 Å². The molecule has 0 spiro atoms. The van der Waals surface area contributed by atoms with E-state index in [1.165, 1.54) is 18.9 Å². The van der Waals surface area contributed by atoms with Gasteiger partial charge in [-0.05, 0) is 33.2 Å². The standard InChI is InChI=1S/C12H22N4O2S/c1-10(2)16(8-11-5-3-4-6-14-11)19(17,18)12-7-13-9-15-12/h7,9-11,14H,3-6,8H2,1-2H3,(H,13,15). The van der Waals surface area contributed by atoms with E-state index in [0.29, 0.717) is 6.54 Å². The maximum atomic E-state index is 12.5. The van der Waals surface area contributed by atoms with Gasteiger partial charge >= 0.3 is 0 Å². The average Bonchev–Trinajstić information content (AvgIpc) is 2.91. The summed E-state index contributed by atoms with van der Waals surface area (Å²) >= 11 is 0. The number of hydrogen-bond donors (Lipinski definition) is 2. The number of sulfonamides is 1. The van der Waals surface area contributed by atoms with Crippen LogP contribution in [0.5, 0.6) is 0 Å². The van der Waals surface area contributed by atoms with Crippen molar-refractivity contribution in [3.8, 4) is 0 Å². The van der Waals surface area contributed by atoms with Gasteiger partial charge in [-0.25, -0.2) is 13.4 Å². The molecule has 1 saturated heterocycles. The van der Waals surface area contributed by atoms with E-state index in [4.69, 9.17) is 0 Å². The van der Waals surface area contributed by atoms with Crippen LogP contribution in [0.4, 0.5) is 0 Å². The molecular formula is C12H22N4O2S. The van der Waals surface area contributed by atoms with Crippen LogP contribution in [0.2, 0.25) is 0 Å². The van der Waals surface area contributed by atoms with E-state index in [-0.39, 0.29) is 17.1 Å². The lowest BCUT2D eigenvalue weighted by Gasteiger charge is -2.31. The van der Waals surface area contributed by atoms with Gasteiger partial charge in [-0.2, -0.15) is 4.31 Å². The molecule has 0 bridgehead atoms. The van der Waals surface area contributed by atoms with Gasteiger partial charge < -0.3 is 10.3 Å². The van der Waals surface area contributed by atoms with Gasteiger partial charge in [0.05, 0.1) is 12.5 Å². The van der Waals surface area contributed by atoms with E-state index in [9.17, 15) is 8.42 Å². The lowest BCUT2D eigenvalue weighted by molar-refractivity contribution is 0.282. The molecule has 2 heterocycles. The van der Waals surface area contributed by atoms with Crippen molar-refractivity contribution < 1.29 is 8.42 Å². The largest absolute Gasteiger partial charge is 0.335 e. The molecule has 1 aromatic rings. The summed E-state index contributed by atoms with van der Waals surface area (Å²) in [7, 11) is -3.48. The molecule has 7 heteroatoms. The summed E-state index contributed by atoms with van der Waals surface area (Å²) in [4.78, 5) is 6.49. The van der Waals surface area contributed by atoms with E-state index in [0.717, 1.165) is 19.4 Å². The Morgan fingerprint density at radius 2 is 2.26 bits per heavy atom. The Balaban J connectivity index is 2.15. The summed E-state index contributed by atoms with van der Waals surface area (Å²) in [5, 5.41) is 3.55. The normalized spacial score (nSPS) is 21.2. The van der Waals surface area contributed by atoms with Crippen LogP contribution in [0.1, 0.15) is 33.1 Å². The van der Waals surface area contributed by atoms with Crippen molar-refractivity contribution in [1.82, 2.24) is 19.6 Å². The molecule has 0 amide bonds. The Morgan fingerprint density at radius 1 is 1.47 bits per heavy atom. The molecule has 6 nitrogen and oxygen atoms in total. The fourth-order valence-corrected chi connectivity index (χ4v) is 3.97. The number of imidazole rings is 1. The molecule has 1 unspecified atom stereocenters. The second-order valence-corrected chi connectivity index (χ2v) is 7.09. The molecule has 108 valence electrons. The van der Waals surface area contributed by atoms with Crippen molar-refractivity contribution >= 4 is 10.0 Å². The van der Waals surface area contributed by atoms with E-state index in [1.54, 1.807) is 4.31 Å². The van der Waals surface area contributed by atoms with Crippen LogP contribution in [0.25, 0.3) is 0 Å². The predicted octanol–water partition coefficient (Wildman–Crippen LogP) is 0.951. The molecule has 0 aliphatic carbocycles. The molecule has 1 fully saturated rings. The molecule has 2 N–H and O–H groups in total. The number of H-pyrrole nitrogens is 1. The second-order valence-electron chi connectivity index (χ2n) is 5.23. The van der Waals surface area contributed by atoms with Gasteiger partial charge in [-0.1, -0.05) is 6.42 Å². The Morgan fingerprint density at radius 3 is 2.79 bits per heavy atom. The highest BCUT2D eigenvalue weighted by atomic mass is 32.2. The molecule has 1 aliphatic rings. The van der Waals surface area contributed by atoms with Crippen molar-refractivity contribution in [3.05, 3.63) is 12.5 Å². The first kappa shape index (κ1) is 14.5. The number of piperidine rings is 1. The lowest BCUT2D eigenvalue weighted by atomic mass is 10.1. The molecule has 19 heavy (non-hydrogen) atoms. The third-order valence-corrected chi connectivity index (χ3v) is 5.42. The lowest BCUT2D eigenvalue weighted by Crippen LogP contribution is -2.48. The maximum absolute atomic E-state index is 12.5. The number of aromatic nitrogens is 2. The first-order valence-electron chi connectivity index (χ1n) is 6.75. The van der Waals surface area contributed by atoms with Crippen LogP contribution in [-0.2, 0) is 10.0 Å². The number of rotatable bonds is 5. The van der Waals surface area contributed by atoms with E-state index in [1.807, 2.05) is 13.8 Å². The Labute approximate surface area is 114 Å². The first-order chi connectivity index (χ1) is 9.01. The van der Waals surface area contributed by atoms with E-state index >= 15 is 0 Å². The summed E-state index contributed by atoms with van der Waals surface area (Å²) in [6.07, 6.45) is 6.12. The molecule has 1 aliphatic heterocycles. The van der Waals surface area contributed by atoms with Gasteiger partial charge in [0.1, 0.15) is 0 Å². The molecule has 0 aromatic carbocycles. The van der Waals surface area contributed by atoms with Crippen LogP contribution < -0.4 is 5.32 Å². The first-order valence-corrected chi connectivity index (χ1v) is 8.19. The van der Waals surface area contributed by atoms with Crippen molar-refractivity contribution in [2.45, 2.75) is 50.2 Å². The van der Waals surface area contributed by atoms with E-state index < -0.39 is 10.0 Å². The number of aromatic amines is 1. The molecular weight excluding hydrogens is 264 g/mol. The quantitative estimate of drug-likeness (QED) is 0.845. The van der Waals surface area contributed by atoms with Gasteiger partial charge in [0, 0.05) is 18.6 Å². The van der Waals surface area contributed by atoms with Gasteiger partial charge in [0.25, 0.3) is 10.0 Å². The van der Waals surface area contributed by atoms with Crippen molar-refractivity contribution in [1.29, 1.82) is 0 Å². The smallest absolute Gasteiger partial charge is 0.260 e. The van der Waals surface area contributed by atoms with Crippen LogP contribution in [0.15, 0.2) is 17.6 Å². The fraction of sp³-hybridized carbons (Fsp3) is 0.750. The Hall–Kier alpha value is -0.920. The summed E-state index contributed by atoms with van der Waals surface area (Å²) in [6, 6.07) is 0.172. The zero-order valence-corrected chi connectivity index (χ0v) is 12.3. The van der Waals surface area contributed by atoms with Crippen LogP contribution in [-0.4, -0.2) is 47.9 Å². The SMILES string of the molecule is CC(C)N(CC1CCCCN1)S(=O)(=O)c1cnc[nH]1. The minimum atomic E-state index is -3.48. The highest BCUT2D eigenvalue weighted by Gasteiger charge is 2.30. The zero-order valence-electron chi connectivity index (χ0n) is 11.5. The van der Waals surface area contributed by atoms with Gasteiger partial charge in [-0.3, -0.25) is 0 Å². The van der Waals surface area contributed by atoms with Crippen LogP contribution >= 0.6 is 0 Å². The summed E-state index contributed by atoms with van der Waals surface area (Å²) < 4.78 is 26.6. The van der Waals surface area contributed by atoms with Crippen molar-refractivity contribution in [2.75, 3.05) is 13.1 Å². The third-order valence-electron chi connectivity index (χ3n) is 3.45. The minimum Gasteiger partial charge on any atom is -0.335 e. The fourth-order valence-electron chi connectivity index (χ4n) is 2.39. The molecule has 1 atom stereocenters. The molecule has 0 saturated carbocycles. The van der Waals surface area contributed by atoms with Gasteiger partial charge in [-0.15, -0.1) is 0 Å². The number of hydrogen-bond acceptors (Lipinski definition) is 4. The summed E-state index contributed by atoms with van der Waals surface area (Å²) in [5.41, 5.74) is 0. The Kier molecular flexibility index (Phi) is 4.59. The predicted molar refractivity (Wildman–Crippen MR) is 73.3 cm³/mol. The van der Waals surface area contributed by atoms with Crippen LogP contribution in [0, 0.1) is 0 Å². The van der Waals surface area contributed by atoms with E-state index in [2.05, 4.69) is 15.3 Å². The number of nitrogens with zero attached hydrogens (tertiary/aromatic N) is 2. The maximum Gasteiger partial charge on any atom is 0.260 e. The highest BCUT2D eigenvalue weighted by molar-refractivity contribution is 7.89. The summed E-state index contributed by atoms with van der Waals surface area (Å²) in [6.45, 7) is 5.28. The second kappa shape index (κ2) is 6.02. The number of nitrogens with one attached hydrogen (secondary N) is 2. The highest BCUT2D eigenvalue weighted by Crippen LogP contribution is 2.18. The monoisotopic (exact) mass is 286 g/mol. The van der Waals surface area contributed by atoms with Crippen molar-refractivity contribution in [3.63, 3.8) is 0 Å². The topological polar surface area (TPSA) is 78.1 Å². The average molecular weight is 286 g/mol. The third kappa shape index (κ3) is 3.34. The van der Waals surface area contributed by atoms with Gasteiger partial charge in [0.15, 0.2) is 5.03 Å². The molecule has 0 radical (unpaired) electrons. The molecule has 1 aromatic heterocycles. The van der Waals surface area contributed by atoms with Crippen molar-refractivity contribution in [2.24, 2.45) is 0 Å². The van der Waals surface area contributed by atoms with Gasteiger partial charge in [0.2, 0.25) is 0 Å². The molecule has 2 rings (SSSR count). The summed E-state index contributed by atoms with van der Waals surface area (Å²) in [5.74, 6) is 0. The Bertz CT molecular complexity index is 478.